The quantitative estimate of drug-likeness (QED) is 0.401. The Hall–Kier alpha value is -2.03. The lowest BCUT2D eigenvalue weighted by Gasteiger charge is -2.13. The van der Waals surface area contributed by atoms with E-state index in [2.05, 4.69) is 14.3 Å². The van der Waals surface area contributed by atoms with Crippen molar-refractivity contribution in [2.24, 2.45) is 5.92 Å². The first-order valence-electron chi connectivity index (χ1n) is 10.7. The summed E-state index contributed by atoms with van der Waals surface area (Å²) in [7, 11) is -3.53. The molecule has 0 bridgehead atoms. The monoisotopic (exact) mass is 495 g/mol. The maximum absolute atomic E-state index is 12.5. The second kappa shape index (κ2) is 9.08. The number of hydrogen-bond donors (Lipinski definition) is 2. The predicted octanol–water partition coefficient (Wildman–Crippen LogP) is 5.11. The van der Waals surface area contributed by atoms with Crippen molar-refractivity contribution in [1.29, 1.82) is 0 Å². The number of sulfonamides is 1. The van der Waals surface area contributed by atoms with E-state index in [9.17, 15) is 8.42 Å². The fourth-order valence-corrected chi connectivity index (χ4v) is 5.59. The molecule has 3 aromatic rings. The van der Waals surface area contributed by atoms with Crippen LogP contribution in [0.5, 0.6) is 0 Å². The molecule has 1 saturated carbocycles. The van der Waals surface area contributed by atoms with Gasteiger partial charge in [0, 0.05) is 23.7 Å². The number of rotatable bonds is 9. The molecule has 0 unspecified atom stereocenters. The van der Waals surface area contributed by atoms with Crippen LogP contribution < -0.4 is 10.5 Å². The van der Waals surface area contributed by atoms with Crippen molar-refractivity contribution in [2.45, 2.75) is 52.5 Å². The summed E-state index contributed by atoms with van der Waals surface area (Å²) in [5.41, 5.74) is 10.2. The minimum absolute atomic E-state index is 0.00174. The van der Waals surface area contributed by atoms with Crippen LogP contribution in [0.15, 0.2) is 18.2 Å². The zero-order valence-corrected chi connectivity index (χ0v) is 20.5. The number of nitrogens with zero attached hydrogens (tertiary/aromatic N) is 3. The van der Waals surface area contributed by atoms with Crippen molar-refractivity contribution < 1.29 is 8.42 Å². The number of unbranched alkanes of at least 4 members (excludes halogenated alkanes) is 1. The predicted molar refractivity (Wildman–Crippen MR) is 131 cm³/mol. The first kappa shape index (κ1) is 23.1. The van der Waals surface area contributed by atoms with Gasteiger partial charge in [-0.15, -0.1) is 0 Å². The highest BCUT2D eigenvalue weighted by atomic mass is 35.5. The maximum Gasteiger partial charge on any atom is 0.232 e. The molecule has 1 fully saturated rings. The molecule has 1 aliphatic rings. The molecule has 0 spiro atoms. The molecule has 7 nitrogen and oxygen atoms in total. The van der Waals surface area contributed by atoms with Gasteiger partial charge in [-0.3, -0.25) is 4.72 Å². The number of anilines is 2. The first-order chi connectivity index (χ1) is 15.1. The van der Waals surface area contributed by atoms with Gasteiger partial charge in [0.2, 0.25) is 10.0 Å². The minimum Gasteiger partial charge on any atom is -0.382 e. The molecule has 1 aliphatic carbocycles. The van der Waals surface area contributed by atoms with E-state index >= 15 is 0 Å². The molecule has 2 heterocycles. The third-order valence-corrected chi connectivity index (χ3v) is 7.79. The summed E-state index contributed by atoms with van der Waals surface area (Å²) >= 11 is 12.0. The van der Waals surface area contributed by atoms with Gasteiger partial charge in [-0.05, 0) is 69.2 Å². The summed E-state index contributed by atoms with van der Waals surface area (Å²) in [6, 6.07) is 4.67. The van der Waals surface area contributed by atoms with E-state index in [1.54, 1.807) is 12.1 Å². The topological polar surface area (TPSA) is 103 Å². The molecule has 0 saturated heterocycles. The lowest BCUT2D eigenvalue weighted by Crippen LogP contribution is -2.17. The fourth-order valence-electron chi connectivity index (χ4n) is 3.88. The molecular formula is C22H27Cl2N5O2S. The van der Waals surface area contributed by atoms with Crippen molar-refractivity contribution in [1.82, 2.24) is 14.5 Å². The van der Waals surface area contributed by atoms with Gasteiger partial charge in [-0.25, -0.2) is 18.4 Å². The Morgan fingerprint density at radius 1 is 1.19 bits per heavy atom. The van der Waals surface area contributed by atoms with E-state index in [0.29, 0.717) is 41.8 Å². The smallest absolute Gasteiger partial charge is 0.232 e. The van der Waals surface area contributed by atoms with Gasteiger partial charge < -0.3 is 10.3 Å². The Balaban J connectivity index is 1.47. The molecule has 32 heavy (non-hydrogen) atoms. The van der Waals surface area contributed by atoms with Crippen LogP contribution in [0.1, 0.15) is 42.8 Å². The molecule has 0 amide bonds. The molecule has 4 rings (SSSR count). The molecule has 0 aliphatic heterocycles. The van der Waals surface area contributed by atoms with Crippen LogP contribution in [0.3, 0.4) is 0 Å². The molecule has 10 heteroatoms. The second-order valence-electron chi connectivity index (χ2n) is 8.48. The summed E-state index contributed by atoms with van der Waals surface area (Å²) in [4.78, 5) is 9.24. The normalized spacial score (nSPS) is 14.2. The van der Waals surface area contributed by atoms with Gasteiger partial charge in [0.1, 0.15) is 11.3 Å². The van der Waals surface area contributed by atoms with Gasteiger partial charge in [0.05, 0.1) is 22.0 Å². The van der Waals surface area contributed by atoms with Crippen LogP contribution >= 0.6 is 23.2 Å². The van der Waals surface area contributed by atoms with Gasteiger partial charge in [-0.1, -0.05) is 23.2 Å². The number of fused-ring (bicyclic) bond motifs is 1. The zero-order chi connectivity index (χ0) is 23.0. The summed E-state index contributed by atoms with van der Waals surface area (Å²) in [6.45, 7) is 4.66. The Kier molecular flexibility index (Phi) is 6.56. The van der Waals surface area contributed by atoms with E-state index in [4.69, 9.17) is 33.9 Å². The number of imidazole rings is 1. The van der Waals surface area contributed by atoms with Crippen LogP contribution in [0.25, 0.3) is 11.0 Å². The third kappa shape index (κ3) is 5.13. The highest BCUT2D eigenvalue weighted by Crippen LogP contribution is 2.35. The van der Waals surface area contributed by atoms with Crippen LogP contribution in [-0.2, 0) is 23.0 Å². The molecule has 2 aromatic heterocycles. The van der Waals surface area contributed by atoms with Crippen LogP contribution in [0, 0.1) is 19.8 Å². The van der Waals surface area contributed by atoms with Crippen molar-refractivity contribution in [3.05, 3.63) is 45.3 Å². The van der Waals surface area contributed by atoms with E-state index < -0.39 is 10.0 Å². The van der Waals surface area contributed by atoms with Crippen LogP contribution in [-0.4, -0.2) is 28.7 Å². The maximum atomic E-state index is 12.5. The average Bonchev–Trinajstić information content (AvgIpc) is 3.45. The zero-order valence-electron chi connectivity index (χ0n) is 18.2. The number of halogens is 2. The Bertz CT molecular complexity index is 1270. The summed E-state index contributed by atoms with van der Waals surface area (Å²) < 4.78 is 29.8. The number of aromatic nitrogens is 3. The van der Waals surface area contributed by atoms with E-state index in [1.165, 1.54) is 18.9 Å². The minimum atomic E-state index is -3.53. The fraction of sp³-hybridized carbons (Fsp3) is 0.455. The molecule has 3 N–H and O–H groups in total. The number of benzene rings is 1. The van der Waals surface area contributed by atoms with Gasteiger partial charge in [-0.2, -0.15) is 0 Å². The third-order valence-electron chi connectivity index (χ3n) is 5.88. The van der Waals surface area contributed by atoms with Crippen molar-refractivity contribution in [3.8, 4) is 0 Å². The standard InChI is InChI=1S/C22H27Cl2N5O2S/c1-13-14(2)26-22(25)20-21(13)29(19(27-20)11-15-5-6-15)9-3-4-10-32(30,31)28-18-8-7-16(23)12-17(18)24/h7-8,12,15,28H,3-6,9-11H2,1-2H3,(H2,25,26). The lowest BCUT2D eigenvalue weighted by atomic mass is 10.2. The second-order valence-corrected chi connectivity index (χ2v) is 11.2. The summed E-state index contributed by atoms with van der Waals surface area (Å²) in [5, 5.41) is 0.724. The number of nitrogens with one attached hydrogen (secondary N) is 1. The first-order valence-corrected chi connectivity index (χ1v) is 13.1. The molecular weight excluding hydrogens is 469 g/mol. The van der Waals surface area contributed by atoms with Crippen molar-refractivity contribution in [3.63, 3.8) is 0 Å². The number of nitrogen functional groups attached to an aromatic ring is 1. The van der Waals surface area contributed by atoms with Gasteiger partial charge in [0.15, 0.2) is 5.82 Å². The van der Waals surface area contributed by atoms with Gasteiger partial charge in [0.25, 0.3) is 0 Å². The highest BCUT2D eigenvalue weighted by Gasteiger charge is 2.26. The van der Waals surface area contributed by atoms with Crippen LogP contribution in [0.4, 0.5) is 11.5 Å². The van der Waals surface area contributed by atoms with E-state index in [1.807, 2.05) is 13.8 Å². The number of nitrogens with two attached hydrogens (primary N) is 1. The summed E-state index contributed by atoms with van der Waals surface area (Å²) in [5.74, 6) is 2.14. The molecule has 0 atom stereocenters. The Morgan fingerprint density at radius 3 is 2.62 bits per heavy atom. The Morgan fingerprint density at radius 2 is 1.94 bits per heavy atom. The van der Waals surface area contributed by atoms with Crippen molar-refractivity contribution >= 4 is 55.8 Å². The Labute approximate surface area is 198 Å². The largest absolute Gasteiger partial charge is 0.382 e. The summed E-state index contributed by atoms with van der Waals surface area (Å²) in [6.07, 6.45) is 4.57. The average molecular weight is 496 g/mol. The molecule has 172 valence electrons. The SMILES string of the molecule is Cc1nc(N)c2nc(CC3CC3)n(CCCCS(=O)(=O)Nc3ccc(Cl)cc3Cl)c2c1C. The molecule has 0 radical (unpaired) electrons. The van der Waals surface area contributed by atoms with Gasteiger partial charge >= 0.3 is 0 Å². The number of aryl methyl sites for hydroxylation is 3. The van der Waals surface area contributed by atoms with Crippen LogP contribution in [0.2, 0.25) is 10.0 Å². The molecule has 1 aromatic carbocycles. The number of pyridine rings is 1. The highest BCUT2D eigenvalue weighted by molar-refractivity contribution is 7.92. The van der Waals surface area contributed by atoms with E-state index in [0.717, 1.165) is 34.5 Å². The van der Waals surface area contributed by atoms with Crippen molar-refractivity contribution in [2.75, 3.05) is 16.2 Å². The number of hydrogen-bond acceptors (Lipinski definition) is 5. The lowest BCUT2D eigenvalue weighted by molar-refractivity contribution is 0.580. The van der Waals surface area contributed by atoms with E-state index in [-0.39, 0.29) is 10.8 Å².